The fraction of sp³-hybridized carbons (Fsp3) is 0.875. The number of allylic oxidation sites excluding steroid dienone is 2. The van der Waals surface area contributed by atoms with E-state index in [-0.39, 0.29) is 11.0 Å². The van der Waals surface area contributed by atoms with Crippen molar-refractivity contribution in [3.8, 4) is 0 Å². The molecule has 2 bridgehead atoms. The molecule has 3 rings (SSSR count). The molecule has 4 unspecified atom stereocenters. The second-order valence-electron chi connectivity index (χ2n) is 6.90. The third kappa shape index (κ3) is 2.49. The fourth-order valence-corrected chi connectivity index (χ4v) is 4.37. The highest BCUT2D eigenvalue weighted by atomic mass is 35.5. The van der Waals surface area contributed by atoms with E-state index in [1.54, 1.807) is 0 Å². The van der Waals surface area contributed by atoms with E-state index in [0.29, 0.717) is 0 Å². The molecule has 3 aliphatic carbocycles. The summed E-state index contributed by atoms with van der Waals surface area (Å²) in [6, 6.07) is 0. The van der Waals surface area contributed by atoms with E-state index in [4.69, 9.17) is 16.3 Å². The molecule has 4 atom stereocenters. The molecular weight excluding hydrogens is 244 g/mol. The Bertz CT molecular complexity index is 319. The molecule has 2 heteroatoms. The molecular formula is C16H25ClO. The zero-order valence-corrected chi connectivity index (χ0v) is 12.2. The Balaban J connectivity index is 1.49. The van der Waals surface area contributed by atoms with E-state index in [2.05, 4.69) is 19.1 Å². The van der Waals surface area contributed by atoms with Gasteiger partial charge < -0.3 is 4.74 Å². The third-order valence-electron chi connectivity index (χ3n) is 5.42. The number of rotatable bonds is 4. The van der Waals surface area contributed by atoms with Crippen LogP contribution < -0.4 is 0 Å². The second-order valence-corrected chi connectivity index (χ2v) is 7.30. The minimum Gasteiger partial charge on any atom is -0.362 e. The summed E-state index contributed by atoms with van der Waals surface area (Å²) >= 11 is 6.54. The topological polar surface area (TPSA) is 9.23 Å². The summed E-state index contributed by atoms with van der Waals surface area (Å²) in [5, 5.41) is 0. The van der Waals surface area contributed by atoms with Gasteiger partial charge >= 0.3 is 0 Å². The van der Waals surface area contributed by atoms with E-state index in [0.717, 1.165) is 24.4 Å². The van der Waals surface area contributed by atoms with Crippen LogP contribution in [0.25, 0.3) is 0 Å². The lowest BCUT2D eigenvalue weighted by molar-refractivity contribution is -0.0174. The van der Waals surface area contributed by atoms with Crippen LogP contribution in [0.3, 0.4) is 0 Å². The Labute approximate surface area is 116 Å². The van der Waals surface area contributed by atoms with Crippen LogP contribution in [0.15, 0.2) is 12.2 Å². The van der Waals surface area contributed by atoms with Gasteiger partial charge in [-0.1, -0.05) is 49.9 Å². The largest absolute Gasteiger partial charge is 0.362 e. The zero-order chi connectivity index (χ0) is 12.6. The smallest absolute Gasteiger partial charge is 0.136 e. The lowest BCUT2D eigenvalue weighted by Gasteiger charge is -2.37. The molecule has 0 spiro atoms. The molecule has 0 saturated heterocycles. The van der Waals surface area contributed by atoms with Crippen LogP contribution in [-0.2, 0) is 4.74 Å². The predicted octanol–water partition coefficient (Wildman–Crippen LogP) is 4.75. The van der Waals surface area contributed by atoms with Crippen molar-refractivity contribution in [3.63, 3.8) is 0 Å². The third-order valence-corrected chi connectivity index (χ3v) is 6.07. The fourth-order valence-electron chi connectivity index (χ4n) is 4.08. The van der Waals surface area contributed by atoms with Crippen molar-refractivity contribution in [3.05, 3.63) is 12.2 Å². The van der Waals surface area contributed by atoms with E-state index >= 15 is 0 Å². The number of alkyl halides is 1. The van der Waals surface area contributed by atoms with Crippen molar-refractivity contribution in [2.45, 2.75) is 57.4 Å². The van der Waals surface area contributed by atoms with Crippen molar-refractivity contribution in [1.29, 1.82) is 0 Å². The molecule has 2 saturated carbocycles. The Hall–Kier alpha value is -0.0100. The highest BCUT2D eigenvalue weighted by Crippen LogP contribution is 2.45. The maximum Gasteiger partial charge on any atom is 0.136 e. The molecule has 0 amide bonds. The number of hydrogen-bond donors (Lipinski definition) is 0. The van der Waals surface area contributed by atoms with E-state index < -0.39 is 0 Å². The first-order chi connectivity index (χ1) is 8.67. The summed E-state index contributed by atoms with van der Waals surface area (Å²) < 4.78 is 6.05. The molecule has 18 heavy (non-hydrogen) atoms. The van der Waals surface area contributed by atoms with Crippen molar-refractivity contribution < 1.29 is 4.74 Å². The van der Waals surface area contributed by atoms with Crippen LogP contribution >= 0.6 is 11.6 Å². The second kappa shape index (κ2) is 5.17. The van der Waals surface area contributed by atoms with Gasteiger partial charge in [0.05, 0.1) is 6.61 Å². The summed E-state index contributed by atoms with van der Waals surface area (Å²) in [6.07, 6.45) is 13.9. The maximum atomic E-state index is 6.54. The molecule has 0 heterocycles. The van der Waals surface area contributed by atoms with Crippen molar-refractivity contribution in [1.82, 2.24) is 0 Å². The number of ether oxygens (including phenoxy) is 1. The van der Waals surface area contributed by atoms with Gasteiger partial charge in [-0.15, -0.1) is 0 Å². The molecule has 0 N–H and O–H groups in total. The molecule has 102 valence electrons. The SMILES string of the molecule is CC1(C(Cl)OCC2CC3C=CC2C3)CCCCC1. The maximum absolute atomic E-state index is 6.54. The summed E-state index contributed by atoms with van der Waals surface area (Å²) in [4.78, 5) is 0. The number of halogens is 1. The standard InChI is InChI=1S/C16H25ClO/c1-16(7-3-2-4-8-16)15(17)18-11-14-10-12-5-6-13(14)9-12/h5-6,12-15H,2-4,7-11H2,1H3. The number of hydrogen-bond acceptors (Lipinski definition) is 1. The molecule has 1 nitrogen and oxygen atoms in total. The van der Waals surface area contributed by atoms with Crippen LogP contribution in [0.5, 0.6) is 0 Å². The highest BCUT2D eigenvalue weighted by molar-refractivity contribution is 6.20. The van der Waals surface area contributed by atoms with Gasteiger partial charge in [-0.05, 0) is 43.4 Å². The van der Waals surface area contributed by atoms with E-state index in [1.807, 2.05) is 0 Å². The van der Waals surface area contributed by atoms with E-state index in [9.17, 15) is 0 Å². The monoisotopic (exact) mass is 268 g/mol. The van der Waals surface area contributed by atoms with Gasteiger partial charge in [-0.3, -0.25) is 0 Å². The summed E-state index contributed by atoms with van der Waals surface area (Å²) in [5.41, 5.74) is 0.133. The average molecular weight is 269 g/mol. The molecule has 0 aliphatic heterocycles. The normalized spacial score (nSPS) is 39.1. The average Bonchev–Trinajstić information content (AvgIpc) is 2.99. The Morgan fingerprint density at radius 2 is 2.00 bits per heavy atom. The van der Waals surface area contributed by atoms with Crippen LogP contribution in [0.1, 0.15) is 51.9 Å². The molecule has 3 aliphatic rings. The Morgan fingerprint density at radius 1 is 1.22 bits per heavy atom. The Morgan fingerprint density at radius 3 is 2.61 bits per heavy atom. The predicted molar refractivity (Wildman–Crippen MR) is 75.6 cm³/mol. The van der Waals surface area contributed by atoms with Crippen molar-refractivity contribution in [2.75, 3.05) is 6.61 Å². The van der Waals surface area contributed by atoms with Gasteiger partial charge in [0.1, 0.15) is 5.56 Å². The first kappa shape index (κ1) is 13.0. The van der Waals surface area contributed by atoms with Gasteiger partial charge in [0.2, 0.25) is 0 Å². The Kier molecular flexibility index (Phi) is 3.73. The van der Waals surface area contributed by atoms with Gasteiger partial charge in [0.25, 0.3) is 0 Å². The van der Waals surface area contributed by atoms with Gasteiger partial charge in [-0.25, -0.2) is 0 Å². The molecule has 0 radical (unpaired) electrons. The lowest BCUT2D eigenvalue weighted by Crippen LogP contribution is -2.34. The van der Waals surface area contributed by atoms with Crippen LogP contribution in [0, 0.1) is 23.2 Å². The van der Waals surface area contributed by atoms with Crippen LogP contribution in [0.4, 0.5) is 0 Å². The molecule has 0 aromatic heterocycles. The minimum absolute atomic E-state index is 0.0825. The zero-order valence-electron chi connectivity index (χ0n) is 11.4. The van der Waals surface area contributed by atoms with Gasteiger partial charge in [0, 0.05) is 5.41 Å². The molecule has 2 fully saturated rings. The van der Waals surface area contributed by atoms with Crippen LogP contribution in [-0.4, -0.2) is 12.2 Å². The van der Waals surface area contributed by atoms with Crippen molar-refractivity contribution in [2.24, 2.45) is 23.2 Å². The van der Waals surface area contributed by atoms with Gasteiger partial charge in [0.15, 0.2) is 0 Å². The molecule has 0 aromatic carbocycles. The van der Waals surface area contributed by atoms with Crippen LogP contribution in [0.2, 0.25) is 0 Å². The van der Waals surface area contributed by atoms with E-state index in [1.165, 1.54) is 44.9 Å². The first-order valence-electron chi connectivity index (χ1n) is 7.61. The van der Waals surface area contributed by atoms with Crippen molar-refractivity contribution >= 4 is 11.6 Å². The quantitative estimate of drug-likeness (QED) is 0.528. The molecule has 0 aromatic rings. The highest BCUT2D eigenvalue weighted by Gasteiger charge is 2.39. The lowest BCUT2D eigenvalue weighted by atomic mass is 9.76. The van der Waals surface area contributed by atoms with Gasteiger partial charge in [-0.2, -0.15) is 0 Å². The minimum atomic E-state index is -0.0825. The number of fused-ring (bicyclic) bond motifs is 2. The first-order valence-corrected chi connectivity index (χ1v) is 8.05. The summed E-state index contributed by atoms with van der Waals surface area (Å²) in [6.45, 7) is 3.18. The summed E-state index contributed by atoms with van der Waals surface area (Å²) in [7, 11) is 0. The summed E-state index contributed by atoms with van der Waals surface area (Å²) in [5.74, 6) is 2.34.